The number of nitrogens with zero attached hydrogens (tertiary/aromatic N) is 2. The average molecular weight is 251 g/mol. The van der Waals surface area contributed by atoms with E-state index in [0.29, 0.717) is 11.5 Å². The maximum atomic E-state index is 12.0. The van der Waals surface area contributed by atoms with Crippen LogP contribution in [0.2, 0.25) is 0 Å². The monoisotopic (exact) mass is 251 g/mol. The van der Waals surface area contributed by atoms with E-state index in [9.17, 15) is 9.59 Å². The maximum absolute atomic E-state index is 12.0. The van der Waals surface area contributed by atoms with Gasteiger partial charge in [-0.1, -0.05) is 6.92 Å². The quantitative estimate of drug-likeness (QED) is 0.812. The van der Waals surface area contributed by atoms with Crippen LogP contribution in [0.1, 0.15) is 56.5 Å². The van der Waals surface area contributed by atoms with E-state index in [0.717, 1.165) is 6.42 Å². The molecule has 0 saturated heterocycles. The predicted molar refractivity (Wildman–Crippen MR) is 69.6 cm³/mol. The fourth-order valence-corrected chi connectivity index (χ4v) is 1.64. The second-order valence-electron chi connectivity index (χ2n) is 4.63. The molecule has 1 rings (SSSR count). The van der Waals surface area contributed by atoms with Gasteiger partial charge in [0.05, 0.1) is 0 Å². The van der Waals surface area contributed by atoms with Crippen molar-refractivity contribution in [2.75, 3.05) is 0 Å². The summed E-state index contributed by atoms with van der Waals surface area (Å²) in [7, 11) is 0. The Morgan fingerprint density at radius 2 is 2.06 bits per heavy atom. The Morgan fingerprint density at radius 3 is 2.50 bits per heavy atom. The van der Waals surface area contributed by atoms with Gasteiger partial charge in [0.15, 0.2) is 5.78 Å². The number of rotatable bonds is 5. The van der Waals surface area contributed by atoms with Crippen LogP contribution in [-0.4, -0.2) is 27.3 Å². The van der Waals surface area contributed by atoms with Gasteiger partial charge < -0.3 is 9.88 Å². The van der Waals surface area contributed by atoms with Crippen molar-refractivity contribution in [2.24, 2.45) is 0 Å². The normalized spacial score (nSPS) is 14.1. The largest absolute Gasteiger partial charge is 0.352 e. The van der Waals surface area contributed by atoms with Gasteiger partial charge in [0, 0.05) is 19.2 Å². The zero-order valence-corrected chi connectivity index (χ0v) is 11.7. The molecule has 1 N–H and O–H groups in total. The number of ketones is 1. The van der Waals surface area contributed by atoms with E-state index in [4.69, 9.17) is 0 Å². The Hall–Kier alpha value is -1.65. The average Bonchev–Trinajstić information content (AvgIpc) is 2.70. The zero-order valence-electron chi connectivity index (χ0n) is 11.7. The number of hydrogen-bond acceptors (Lipinski definition) is 3. The van der Waals surface area contributed by atoms with Gasteiger partial charge in [-0.3, -0.25) is 9.59 Å². The van der Waals surface area contributed by atoms with Gasteiger partial charge in [-0.2, -0.15) is 0 Å². The summed E-state index contributed by atoms with van der Waals surface area (Å²) in [4.78, 5) is 27.4. The molecule has 0 aliphatic heterocycles. The topological polar surface area (TPSA) is 64.0 Å². The molecule has 5 heteroatoms. The first-order valence-electron chi connectivity index (χ1n) is 6.23. The van der Waals surface area contributed by atoms with E-state index >= 15 is 0 Å². The molecule has 2 atom stereocenters. The fraction of sp³-hybridized carbons (Fsp3) is 0.615. The molecule has 0 aliphatic carbocycles. The van der Waals surface area contributed by atoms with Crippen LogP contribution in [0.3, 0.4) is 0 Å². The van der Waals surface area contributed by atoms with Crippen LogP contribution in [0.15, 0.2) is 6.20 Å². The van der Waals surface area contributed by atoms with Crippen molar-refractivity contribution >= 4 is 11.7 Å². The molecule has 2 unspecified atom stereocenters. The van der Waals surface area contributed by atoms with Crippen LogP contribution in [-0.2, 0) is 4.79 Å². The highest BCUT2D eigenvalue weighted by molar-refractivity contribution is 5.92. The van der Waals surface area contributed by atoms with Gasteiger partial charge >= 0.3 is 0 Å². The number of carbonyl (C=O) groups excluding carboxylic acids is 2. The second-order valence-corrected chi connectivity index (χ2v) is 4.63. The molecule has 1 amide bonds. The van der Waals surface area contributed by atoms with Crippen LogP contribution in [0.5, 0.6) is 0 Å². The van der Waals surface area contributed by atoms with Crippen LogP contribution < -0.4 is 5.32 Å². The molecule has 0 spiro atoms. The minimum atomic E-state index is -0.361. The minimum absolute atomic E-state index is 0.0556. The summed E-state index contributed by atoms with van der Waals surface area (Å²) in [6, 6.07) is -0.212. The predicted octanol–water partition coefficient (Wildman–Crippen LogP) is 1.87. The van der Waals surface area contributed by atoms with E-state index in [2.05, 4.69) is 10.3 Å². The number of nitrogens with one attached hydrogen (secondary N) is 1. The maximum Gasteiger partial charge on any atom is 0.243 e. The van der Waals surface area contributed by atoms with Crippen molar-refractivity contribution in [1.29, 1.82) is 0 Å². The summed E-state index contributed by atoms with van der Waals surface area (Å²) in [5.41, 5.74) is 0.399. The Bertz CT molecular complexity index is 451. The smallest absolute Gasteiger partial charge is 0.243 e. The van der Waals surface area contributed by atoms with E-state index < -0.39 is 0 Å². The molecule has 5 nitrogen and oxygen atoms in total. The Labute approximate surface area is 108 Å². The van der Waals surface area contributed by atoms with Crippen molar-refractivity contribution in [3.8, 4) is 0 Å². The summed E-state index contributed by atoms with van der Waals surface area (Å²) in [6.45, 7) is 9.05. The van der Waals surface area contributed by atoms with Crippen LogP contribution in [0.25, 0.3) is 0 Å². The second kappa shape index (κ2) is 5.80. The molecule has 0 bridgehead atoms. The van der Waals surface area contributed by atoms with Crippen LogP contribution in [0.4, 0.5) is 0 Å². The molecule has 0 saturated carbocycles. The van der Waals surface area contributed by atoms with Gasteiger partial charge in [-0.15, -0.1) is 0 Å². The molecular weight excluding hydrogens is 230 g/mol. The fourth-order valence-electron chi connectivity index (χ4n) is 1.64. The lowest BCUT2D eigenvalue weighted by Gasteiger charge is -2.18. The van der Waals surface area contributed by atoms with Crippen molar-refractivity contribution in [3.63, 3.8) is 0 Å². The lowest BCUT2D eigenvalue weighted by atomic mass is 10.2. The van der Waals surface area contributed by atoms with Crippen molar-refractivity contribution < 1.29 is 9.59 Å². The molecule has 1 aromatic heterocycles. The Balaban J connectivity index is 2.86. The van der Waals surface area contributed by atoms with Gasteiger partial charge in [-0.05, 0) is 27.2 Å². The molecule has 1 heterocycles. The number of Topliss-reactive ketones (excluding diaryl/α,β-unsaturated/α-hetero) is 1. The van der Waals surface area contributed by atoms with Crippen molar-refractivity contribution in [2.45, 2.75) is 53.1 Å². The number of aryl methyl sites for hydroxylation is 1. The molecule has 1 aromatic rings. The van der Waals surface area contributed by atoms with Crippen LogP contribution in [0, 0.1) is 6.92 Å². The molecule has 0 fully saturated rings. The number of hydrogen-bond donors (Lipinski definition) is 1. The molecule has 0 aliphatic rings. The number of imidazole rings is 1. The third kappa shape index (κ3) is 3.18. The first-order chi connectivity index (χ1) is 8.36. The third-order valence-electron chi connectivity index (χ3n) is 3.08. The van der Waals surface area contributed by atoms with Gasteiger partial charge in [0.25, 0.3) is 0 Å². The van der Waals surface area contributed by atoms with Gasteiger partial charge in [-0.25, -0.2) is 4.98 Å². The highest BCUT2D eigenvalue weighted by Crippen LogP contribution is 2.12. The highest BCUT2D eigenvalue weighted by Gasteiger charge is 2.19. The summed E-state index contributed by atoms with van der Waals surface area (Å²) in [5, 5.41) is 2.92. The van der Waals surface area contributed by atoms with Crippen LogP contribution >= 0.6 is 0 Å². The Kier molecular flexibility index (Phi) is 4.64. The first kappa shape index (κ1) is 14.4. The number of aromatic nitrogens is 2. The third-order valence-corrected chi connectivity index (χ3v) is 3.08. The van der Waals surface area contributed by atoms with Crippen molar-refractivity contribution in [1.82, 2.24) is 14.9 Å². The highest BCUT2D eigenvalue weighted by atomic mass is 16.2. The molecule has 0 radical (unpaired) electrons. The SMILES string of the molecule is CCC(C)NC(=O)C(C)n1cc(C(C)=O)nc1C. The van der Waals surface area contributed by atoms with E-state index in [-0.39, 0.29) is 23.8 Å². The summed E-state index contributed by atoms with van der Waals surface area (Å²) in [5.74, 6) is 0.526. The van der Waals surface area contributed by atoms with Gasteiger partial charge in [0.2, 0.25) is 5.91 Å². The van der Waals surface area contributed by atoms with E-state index in [1.54, 1.807) is 24.6 Å². The summed E-state index contributed by atoms with van der Waals surface area (Å²) >= 11 is 0. The minimum Gasteiger partial charge on any atom is -0.352 e. The van der Waals surface area contributed by atoms with Crippen molar-refractivity contribution in [3.05, 3.63) is 17.7 Å². The zero-order chi connectivity index (χ0) is 13.9. The standard InChI is InChI=1S/C13H21N3O2/c1-6-8(2)14-13(18)9(3)16-7-12(10(4)17)15-11(16)5/h7-9H,6H2,1-5H3,(H,14,18). The van der Waals surface area contributed by atoms with Gasteiger partial charge in [0.1, 0.15) is 17.6 Å². The lowest BCUT2D eigenvalue weighted by molar-refractivity contribution is -0.124. The number of amides is 1. The molecule has 100 valence electrons. The molecular formula is C13H21N3O2. The summed E-state index contributed by atoms with van der Waals surface area (Å²) < 4.78 is 1.73. The van der Waals surface area contributed by atoms with E-state index in [1.807, 2.05) is 13.8 Å². The first-order valence-corrected chi connectivity index (χ1v) is 6.23. The molecule has 18 heavy (non-hydrogen) atoms. The summed E-state index contributed by atoms with van der Waals surface area (Å²) in [6.07, 6.45) is 2.53. The Morgan fingerprint density at radius 1 is 1.44 bits per heavy atom. The van der Waals surface area contributed by atoms with E-state index in [1.165, 1.54) is 6.92 Å². The number of carbonyl (C=O) groups is 2. The molecule has 0 aromatic carbocycles. The lowest BCUT2D eigenvalue weighted by Crippen LogP contribution is -2.37.